The smallest absolute Gasteiger partial charge is 0.336 e. The Kier molecular flexibility index (Phi) is 5.96. The fourth-order valence-electron chi connectivity index (χ4n) is 4.63. The molecule has 1 fully saturated rings. The van der Waals surface area contributed by atoms with Crippen LogP contribution in [0.3, 0.4) is 0 Å². The Balaban J connectivity index is 2.22. The van der Waals surface area contributed by atoms with E-state index in [9.17, 15) is 14.4 Å². The molecule has 0 unspecified atom stereocenters. The Labute approximate surface area is 170 Å². The third-order valence-electron chi connectivity index (χ3n) is 5.86. The molecule has 3 atom stereocenters. The number of methoxy groups -OCH3 is 2. The van der Waals surface area contributed by atoms with Gasteiger partial charge >= 0.3 is 17.9 Å². The predicted octanol–water partition coefficient (Wildman–Crippen LogP) is 2.55. The first kappa shape index (κ1) is 20.9. The van der Waals surface area contributed by atoms with Crippen LogP contribution in [0.1, 0.15) is 38.7 Å². The highest BCUT2D eigenvalue weighted by molar-refractivity contribution is 5.99. The van der Waals surface area contributed by atoms with Crippen molar-refractivity contribution in [2.45, 2.75) is 44.7 Å². The number of ether oxygens (including phenoxy) is 3. The molecule has 1 aromatic carbocycles. The second-order valence-corrected chi connectivity index (χ2v) is 7.49. The van der Waals surface area contributed by atoms with Gasteiger partial charge in [0.2, 0.25) is 0 Å². The summed E-state index contributed by atoms with van der Waals surface area (Å²) in [6, 6.07) is 9.13. The van der Waals surface area contributed by atoms with Gasteiger partial charge in [-0.1, -0.05) is 30.3 Å². The first-order valence-electron chi connectivity index (χ1n) is 9.80. The summed E-state index contributed by atoms with van der Waals surface area (Å²) in [6.45, 7) is 3.77. The van der Waals surface area contributed by atoms with Gasteiger partial charge < -0.3 is 19.1 Å². The number of fused-ring (bicyclic) bond motifs is 1. The minimum Gasteiger partial charge on any atom is -0.469 e. The van der Waals surface area contributed by atoms with Crippen molar-refractivity contribution in [2.24, 2.45) is 5.92 Å². The number of carbonyl (C=O) groups is 3. The van der Waals surface area contributed by atoms with Crippen molar-refractivity contribution >= 4 is 23.6 Å². The zero-order chi connectivity index (χ0) is 21.2. The van der Waals surface area contributed by atoms with Crippen molar-refractivity contribution in [1.82, 2.24) is 4.90 Å². The van der Waals surface area contributed by atoms with Crippen LogP contribution in [0.2, 0.25) is 0 Å². The highest BCUT2D eigenvalue weighted by atomic mass is 16.5. The summed E-state index contributed by atoms with van der Waals surface area (Å²) in [5.41, 5.74) is 0.817. The molecule has 0 bridgehead atoms. The van der Waals surface area contributed by atoms with E-state index in [0.29, 0.717) is 24.1 Å². The molecule has 2 aliphatic heterocycles. The average molecular weight is 401 g/mol. The lowest BCUT2D eigenvalue weighted by molar-refractivity contribution is -0.151. The van der Waals surface area contributed by atoms with Crippen molar-refractivity contribution in [3.05, 3.63) is 41.5 Å². The molecule has 7 heteroatoms. The topological polar surface area (TPSA) is 82.1 Å². The molecule has 0 aliphatic carbocycles. The molecule has 3 rings (SSSR count). The van der Waals surface area contributed by atoms with Gasteiger partial charge in [0.1, 0.15) is 5.54 Å². The van der Waals surface area contributed by atoms with Gasteiger partial charge in [0, 0.05) is 6.04 Å². The second-order valence-electron chi connectivity index (χ2n) is 7.49. The van der Waals surface area contributed by atoms with Gasteiger partial charge in [-0.2, -0.15) is 0 Å². The molecule has 7 nitrogen and oxygen atoms in total. The lowest BCUT2D eigenvalue weighted by atomic mass is 9.88. The summed E-state index contributed by atoms with van der Waals surface area (Å²) in [7, 11) is 2.68. The van der Waals surface area contributed by atoms with Crippen molar-refractivity contribution in [3.8, 4) is 0 Å². The maximum atomic E-state index is 12.9. The Morgan fingerprint density at radius 1 is 1.14 bits per heavy atom. The van der Waals surface area contributed by atoms with Crippen LogP contribution in [-0.2, 0) is 28.6 Å². The Hall–Kier alpha value is -2.83. The van der Waals surface area contributed by atoms with E-state index in [-0.39, 0.29) is 25.0 Å². The molecule has 0 saturated carbocycles. The van der Waals surface area contributed by atoms with Crippen molar-refractivity contribution in [2.75, 3.05) is 20.8 Å². The fourth-order valence-corrected chi connectivity index (χ4v) is 4.63. The van der Waals surface area contributed by atoms with E-state index >= 15 is 0 Å². The quantitative estimate of drug-likeness (QED) is 0.554. The van der Waals surface area contributed by atoms with Gasteiger partial charge in [0.25, 0.3) is 0 Å². The summed E-state index contributed by atoms with van der Waals surface area (Å²) < 4.78 is 15.4. The van der Waals surface area contributed by atoms with Gasteiger partial charge in [0.15, 0.2) is 0 Å². The van der Waals surface area contributed by atoms with Crippen molar-refractivity contribution in [3.63, 3.8) is 0 Å². The molecule has 156 valence electrons. The summed E-state index contributed by atoms with van der Waals surface area (Å²) >= 11 is 0. The number of carbonyl (C=O) groups excluding carboxylic acids is 3. The lowest BCUT2D eigenvalue weighted by Gasteiger charge is -2.43. The van der Waals surface area contributed by atoms with E-state index in [0.717, 1.165) is 5.56 Å². The number of nitrogens with zero attached hydrogens (tertiary/aromatic N) is 1. The molecule has 1 aromatic rings. The van der Waals surface area contributed by atoms with Gasteiger partial charge in [-0.3, -0.25) is 4.79 Å². The number of esters is 3. The number of hydrogen-bond acceptors (Lipinski definition) is 7. The van der Waals surface area contributed by atoms with E-state index in [4.69, 9.17) is 14.2 Å². The Bertz CT molecular complexity index is 833. The number of benzene rings is 1. The summed E-state index contributed by atoms with van der Waals surface area (Å²) in [5.74, 6) is -1.71. The molecule has 2 aliphatic rings. The van der Waals surface area contributed by atoms with Crippen LogP contribution in [0.5, 0.6) is 0 Å². The van der Waals surface area contributed by atoms with E-state index in [1.54, 1.807) is 13.8 Å². The van der Waals surface area contributed by atoms with E-state index < -0.39 is 23.4 Å². The molecule has 0 amide bonds. The maximum Gasteiger partial charge on any atom is 0.336 e. The summed E-state index contributed by atoms with van der Waals surface area (Å²) in [4.78, 5) is 40.1. The van der Waals surface area contributed by atoms with Crippen LogP contribution in [0.4, 0.5) is 0 Å². The Morgan fingerprint density at radius 2 is 1.83 bits per heavy atom. The van der Waals surface area contributed by atoms with E-state index in [2.05, 4.69) is 0 Å². The highest BCUT2D eigenvalue weighted by Crippen LogP contribution is 2.50. The summed E-state index contributed by atoms with van der Waals surface area (Å²) in [6.07, 6.45) is 1.25. The largest absolute Gasteiger partial charge is 0.469 e. The third kappa shape index (κ3) is 3.50. The standard InChI is InChI=1S/C22H27NO6/c1-5-29-20(25)15-11-12-17-16(19(24)27-3)13-22(2,21(26)28-4)23(17)18(15)14-9-7-6-8-10-14/h6-10,16-17H,5,11-13H2,1-4H3/t16-,17-,22-/m0/s1. The molecule has 0 N–H and O–H groups in total. The molecule has 0 spiro atoms. The van der Waals surface area contributed by atoms with E-state index in [1.807, 2.05) is 35.2 Å². The SMILES string of the molecule is CCOC(=O)C1=C(c2ccccc2)N2[C@@H](CC1)[C@@H](C(=O)OC)C[C@@]2(C)C(=O)OC. The lowest BCUT2D eigenvalue weighted by Crippen LogP contribution is -2.52. The predicted molar refractivity (Wildman–Crippen MR) is 105 cm³/mol. The van der Waals surface area contributed by atoms with E-state index in [1.165, 1.54) is 14.2 Å². The molecular weight excluding hydrogens is 374 g/mol. The molecule has 1 saturated heterocycles. The van der Waals surface area contributed by atoms with Crippen LogP contribution in [0.15, 0.2) is 35.9 Å². The molecule has 29 heavy (non-hydrogen) atoms. The third-order valence-corrected chi connectivity index (χ3v) is 5.86. The van der Waals surface area contributed by atoms with Crippen LogP contribution in [0.25, 0.3) is 5.70 Å². The fraction of sp³-hybridized carbons (Fsp3) is 0.500. The molecule has 0 radical (unpaired) electrons. The minimum atomic E-state index is -1.11. The first-order valence-corrected chi connectivity index (χ1v) is 9.80. The van der Waals surface area contributed by atoms with Gasteiger partial charge in [0.05, 0.1) is 38.0 Å². The van der Waals surface area contributed by atoms with Crippen LogP contribution < -0.4 is 0 Å². The second kappa shape index (κ2) is 8.27. The van der Waals surface area contributed by atoms with Gasteiger partial charge in [-0.05, 0) is 38.7 Å². The summed E-state index contributed by atoms with van der Waals surface area (Å²) in [5, 5.41) is 0. The van der Waals surface area contributed by atoms with Crippen LogP contribution >= 0.6 is 0 Å². The number of hydrogen-bond donors (Lipinski definition) is 0. The Morgan fingerprint density at radius 3 is 2.41 bits per heavy atom. The zero-order valence-corrected chi connectivity index (χ0v) is 17.3. The minimum absolute atomic E-state index is 0.253. The molecule has 0 aromatic heterocycles. The van der Waals surface area contributed by atoms with Crippen LogP contribution in [-0.4, -0.2) is 55.2 Å². The molecular formula is C22H27NO6. The van der Waals surface area contributed by atoms with Crippen LogP contribution in [0, 0.1) is 5.92 Å². The van der Waals surface area contributed by atoms with Gasteiger partial charge in [-0.25, -0.2) is 9.59 Å². The monoisotopic (exact) mass is 401 g/mol. The maximum absolute atomic E-state index is 12.9. The normalized spacial score (nSPS) is 26.0. The molecule has 2 heterocycles. The highest BCUT2D eigenvalue weighted by Gasteiger charge is 2.59. The van der Waals surface area contributed by atoms with Crippen molar-refractivity contribution in [1.29, 1.82) is 0 Å². The number of rotatable bonds is 5. The van der Waals surface area contributed by atoms with Crippen molar-refractivity contribution < 1.29 is 28.6 Å². The van der Waals surface area contributed by atoms with Gasteiger partial charge in [-0.15, -0.1) is 0 Å². The average Bonchev–Trinajstić information content (AvgIpc) is 3.06. The first-order chi connectivity index (χ1) is 13.9. The zero-order valence-electron chi connectivity index (χ0n) is 17.3.